The van der Waals surface area contributed by atoms with Gasteiger partial charge in [-0.25, -0.2) is 0 Å². The highest BCUT2D eigenvalue weighted by Gasteiger charge is 2.22. The summed E-state index contributed by atoms with van der Waals surface area (Å²) in [5.41, 5.74) is 1.67. The van der Waals surface area contributed by atoms with Crippen molar-refractivity contribution in [1.29, 1.82) is 0 Å². The Kier molecular flexibility index (Phi) is 6.44. The van der Waals surface area contributed by atoms with Gasteiger partial charge in [0.15, 0.2) is 0 Å². The molecule has 0 radical (unpaired) electrons. The third-order valence-corrected chi connectivity index (χ3v) is 4.45. The number of rotatable bonds is 7. The Hall–Kier alpha value is -3.13. The van der Waals surface area contributed by atoms with Crippen molar-refractivity contribution < 1.29 is 19.2 Å². The van der Waals surface area contributed by atoms with E-state index >= 15 is 0 Å². The van der Waals surface area contributed by atoms with Gasteiger partial charge in [0.2, 0.25) is 0 Å². The van der Waals surface area contributed by atoms with E-state index < -0.39 is 4.92 Å². The minimum atomic E-state index is -0.487. The Morgan fingerprint density at radius 1 is 1.21 bits per heavy atom. The van der Waals surface area contributed by atoms with Crippen LogP contribution in [0.2, 0.25) is 0 Å². The molecule has 0 bridgehead atoms. The normalized spacial score (nSPS) is 13.8. The first-order valence-electron chi connectivity index (χ1n) is 9.13. The molecule has 0 aliphatic carbocycles. The van der Waals surface area contributed by atoms with Gasteiger partial charge >= 0.3 is 0 Å². The largest absolute Gasteiger partial charge is 0.492 e. The zero-order valence-electron chi connectivity index (χ0n) is 15.7. The van der Waals surface area contributed by atoms with E-state index in [0.29, 0.717) is 50.7 Å². The van der Waals surface area contributed by atoms with Crippen LogP contribution in [0.5, 0.6) is 5.75 Å². The van der Waals surface area contributed by atoms with Gasteiger partial charge in [0.25, 0.3) is 11.6 Å². The summed E-state index contributed by atoms with van der Waals surface area (Å²) < 4.78 is 10.9. The molecule has 1 N–H and O–H groups in total. The molecule has 1 fully saturated rings. The molecule has 1 aliphatic rings. The molecular weight excluding hydrogens is 362 g/mol. The summed E-state index contributed by atoms with van der Waals surface area (Å²) in [5, 5.41) is 14.5. The minimum Gasteiger partial charge on any atom is -0.492 e. The number of nitrogens with one attached hydrogen (secondary N) is 1. The number of morpholine rings is 1. The highest BCUT2D eigenvalue weighted by Crippen LogP contribution is 2.26. The number of hydrogen-bond donors (Lipinski definition) is 1. The van der Waals surface area contributed by atoms with E-state index in [1.807, 2.05) is 31.2 Å². The third kappa shape index (κ3) is 4.98. The zero-order chi connectivity index (χ0) is 19.9. The Labute approximate surface area is 163 Å². The SMILES string of the molecule is Cc1ccc(OCCNc2ccc(C(=O)N3CCOCC3)cc2[N+](=O)[O-])cc1. The smallest absolute Gasteiger partial charge is 0.293 e. The molecule has 1 aliphatic heterocycles. The van der Waals surface area contributed by atoms with E-state index in [1.165, 1.54) is 6.07 Å². The van der Waals surface area contributed by atoms with E-state index in [1.54, 1.807) is 17.0 Å². The fraction of sp³-hybridized carbons (Fsp3) is 0.350. The number of carbonyl (C=O) groups excluding carboxylic acids is 1. The van der Waals surface area contributed by atoms with Crippen molar-refractivity contribution in [3.63, 3.8) is 0 Å². The number of anilines is 1. The zero-order valence-corrected chi connectivity index (χ0v) is 15.7. The van der Waals surface area contributed by atoms with E-state index in [2.05, 4.69) is 5.32 Å². The molecule has 148 valence electrons. The van der Waals surface area contributed by atoms with Crippen LogP contribution in [0.3, 0.4) is 0 Å². The molecule has 8 nitrogen and oxygen atoms in total. The molecule has 1 saturated heterocycles. The molecule has 0 atom stereocenters. The molecule has 1 amide bonds. The Balaban J connectivity index is 1.61. The number of nitrogens with zero attached hydrogens (tertiary/aromatic N) is 2. The molecule has 0 saturated carbocycles. The van der Waals surface area contributed by atoms with Gasteiger partial charge in [0, 0.05) is 31.3 Å². The van der Waals surface area contributed by atoms with E-state index in [4.69, 9.17) is 9.47 Å². The molecule has 28 heavy (non-hydrogen) atoms. The third-order valence-electron chi connectivity index (χ3n) is 4.45. The number of hydrogen-bond acceptors (Lipinski definition) is 6. The van der Waals surface area contributed by atoms with Gasteiger partial charge in [-0.15, -0.1) is 0 Å². The Morgan fingerprint density at radius 3 is 2.61 bits per heavy atom. The fourth-order valence-electron chi connectivity index (χ4n) is 2.90. The summed E-state index contributed by atoms with van der Waals surface area (Å²) in [6.07, 6.45) is 0. The predicted molar refractivity (Wildman–Crippen MR) is 105 cm³/mol. The lowest BCUT2D eigenvalue weighted by Crippen LogP contribution is -2.40. The predicted octanol–water partition coefficient (Wildman–Crippen LogP) is 2.87. The van der Waals surface area contributed by atoms with E-state index in [-0.39, 0.29) is 11.6 Å². The van der Waals surface area contributed by atoms with Crippen LogP contribution in [-0.2, 0) is 4.74 Å². The van der Waals surface area contributed by atoms with Gasteiger partial charge in [-0.3, -0.25) is 14.9 Å². The fourth-order valence-corrected chi connectivity index (χ4v) is 2.90. The number of nitro benzene ring substituents is 1. The van der Waals surface area contributed by atoms with Crippen molar-refractivity contribution in [2.45, 2.75) is 6.92 Å². The number of benzene rings is 2. The average molecular weight is 385 g/mol. The first-order chi connectivity index (χ1) is 13.5. The number of aryl methyl sites for hydroxylation is 1. The number of ether oxygens (including phenoxy) is 2. The lowest BCUT2D eigenvalue weighted by atomic mass is 10.1. The molecular formula is C20H23N3O5. The van der Waals surface area contributed by atoms with Gasteiger partial charge in [-0.05, 0) is 31.2 Å². The van der Waals surface area contributed by atoms with Crippen LogP contribution in [0.25, 0.3) is 0 Å². The molecule has 2 aromatic rings. The number of carbonyl (C=O) groups is 1. The second-order valence-electron chi connectivity index (χ2n) is 6.48. The van der Waals surface area contributed by atoms with Crippen molar-refractivity contribution in [1.82, 2.24) is 4.90 Å². The molecule has 0 spiro atoms. The van der Waals surface area contributed by atoms with Gasteiger partial charge in [0.05, 0.1) is 18.1 Å². The van der Waals surface area contributed by atoms with Crippen LogP contribution in [0.4, 0.5) is 11.4 Å². The van der Waals surface area contributed by atoms with Crippen LogP contribution in [-0.4, -0.2) is 55.2 Å². The maximum Gasteiger partial charge on any atom is 0.293 e. The maximum atomic E-state index is 12.5. The summed E-state index contributed by atoms with van der Waals surface area (Å²) >= 11 is 0. The molecule has 1 heterocycles. The summed E-state index contributed by atoms with van der Waals surface area (Å²) in [4.78, 5) is 25.1. The average Bonchev–Trinajstić information content (AvgIpc) is 2.72. The molecule has 0 unspecified atom stereocenters. The van der Waals surface area contributed by atoms with Gasteiger partial charge in [-0.2, -0.15) is 0 Å². The van der Waals surface area contributed by atoms with E-state index in [9.17, 15) is 14.9 Å². The monoisotopic (exact) mass is 385 g/mol. The Morgan fingerprint density at radius 2 is 1.93 bits per heavy atom. The lowest BCUT2D eigenvalue weighted by Gasteiger charge is -2.26. The van der Waals surface area contributed by atoms with Crippen LogP contribution >= 0.6 is 0 Å². The quantitative estimate of drug-likeness (QED) is 0.447. The summed E-state index contributed by atoms with van der Waals surface area (Å²) in [5.74, 6) is 0.522. The number of amides is 1. The molecule has 0 aromatic heterocycles. The van der Waals surface area contributed by atoms with Crippen LogP contribution in [0.1, 0.15) is 15.9 Å². The molecule has 3 rings (SSSR count). The first kappa shape index (κ1) is 19.6. The van der Waals surface area contributed by atoms with Crippen LogP contribution < -0.4 is 10.1 Å². The van der Waals surface area contributed by atoms with Crippen molar-refractivity contribution in [2.75, 3.05) is 44.8 Å². The Bertz CT molecular complexity index is 832. The van der Waals surface area contributed by atoms with Crippen LogP contribution in [0.15, 0.2) is 42.5 Å². The van der Waals surface area contributed by atoms with Crippen LogP contribution in [0, 0.1) is 17.0 Å². The maximum absolute atomic E-state index is 12.5. The highest BCUT2D eigenvalue weighted by molar-refractivity contribution is 5.95. The topological polar surface area (TPSA) is 93.9 Å². The van der Waals surface area contributed by atoms with Gasteiger partial charge in [-0.1, -0.05) is 17.7 Å². The lowest BCUT2D eigenvalue weighted by molar-refractivity contribution is -0.384. The summed E-state index contributed by atoms with van der Waals surface area (Å²) in [7, 11) is 0. The second kappa shape index (κ2) is 9.18. The van der Waals surface area contributed by atoms with Crippen molar-refractivity contribution in [3.05, 3.63) is 63.7 Å². The van der Waals surface area contributed by atoms with E-state index in [0.717, 1.165) is 11.3 Å². The van der Waals surface area contributed by atoms with Gasteiger partial charge in [0.1, 0.15) is 18.0 Å². The van der Waals surface area contributed by atoms with Gasteiger partial charge < -0.3 is 19.7 Å². The standard InChI is InChI=1S/C20H23N3O5/c1-15-2-5-17(6-3-15)28-11-8-21-18-7-4-16(14-19(18)23(25)26)20(24)22-9-12-27-13-10-22/h2-7,14,21H,8-13H2,1H3. The summed E-state index contributed by atoms with van der Waals surface area (Å²) in [6.45, 7) is 4.69. The highest BCUT2D eigenvalue weighted by atomic mass is 16.6. The molecule has 2 aromatic carbocycles. The van der Waals surface area contributed by atoms with Crippen molar-refractivity contribution in [3.8, 4) is 5.75 Å². The first-order valence-corrected chi connectivity index (χ1v) is 9.13. The summed E-state index contributed by atoms with van der Waals surface area (Å²) in [6, 6.07) is 12.2. The van der Waals surface area contributed by atoms with Crippen molar-refractivity contribution in [2.24, 2.45) is 0 Å². The molecule has 8 heteroatoms. The number of nitro groups is 1. The minimum absolute atomic E-state index is 0.130. The van der Waals surface area contributed by atoms with Crippen molar-refractivity contribution >= 4 is 17.3 Å². The second-order valence-corrected chi connectivity index (χ2v) is 6.48.